The molecule has 0 amide bonds. The first-order valence-electron chi connectivity index (χ1n) is 22.4. The number of hydrogen-bond donors (Lipinski definition) is 0. The highest BCUT2D eigenvalue weighted by molar-refractivity contribution is 6.21. The Labute approximate surface area is 360 Å². The van der Waals surface area contributed by atoms with Crippen LogP contribution in [0.5, 0.6) is 0 Å². The lowest BCUT2D eigenvalue weighted by atomic mass is 9.73. The van der Waals surface area contributed by atoms with E-state index >= 15 is 0 Å². The maximum Gasteiger partial charge on any atom is 0.0210 e. The summed E-state index contributed by atoms with van der Waals surface area (Å²) in [6.45, 7) is 14.3. The second-order valence-corrected chi connectivity index (χ2v) is 19.0. The molecule has 0 N–H and O–H groups in total. The van der Waals surface area contributed by atoms with E-state index in [1.165, 1.54) is 122 Å². The predicted octanol–water partition coefficient (Wildman–Crippen LogP) is 16.7. The van der Waals surface area contributed by atoms with Crippen molar-refractivity contribution in [2.45, 2.75) is 70.6 Å². The second kappa shape index (κ2) is 12.8. The number of rotatable bonds is 5. The fraction of sp³-hybridized carbons (Fsp3) is 0.180. The van der Waals surface area contributed by atoms with Gasteiger partial charge in [-0.3, -0.25) is 0 Å². The average molecular weight is 783 g/mol. The molecule has 0 atom stereocenters. The van der Waals surface area contributed by atoms with Crippen LogP contribution in [0.15, 0.2) is 170 Å². The first kappa shape index (κ1) is 36.4. The Kier molecular flexibility index (Phi) is 7.61. The third-order valence-corrected chi connectivity index (χ3v) is 15.6. The summed E-state index contributed by atoms with van der Waals surface area (Å²) in [5.41, 5.74) is 24.4. The summed E-state index contributed by atoms with van der Waals surface area (Å²) in [6, 6.07) is 65.3. The molecule has 61 heavy (non-hydrogen) atoms. The molecule has 0 heteroatoms. The van der Waals surface area contributed by atoms with Gasteiger partial charge in [-0.1, -0.05) is 187 Å². The molecule has 0 saturated heterocycles. The van der Waals surface area contributed by atoms with Gasteiger partial charge in [0.2, 0.25) is 0 Å². The van der Waals surface area contributed by atoms with E-state index in [1.54, 1.807) is 0 Å². The summed E-state index contributed by atoms with van der Waals surface area (Å²) in [5, 5.41) is 5.21. The van der Waals surface area contributed by atoms with Crippen LogP contribution in [0.3, 0.4) is 0 Å². The second-order valence-electron chi connectivity index (χ2n) is 19.0. The van der Waals surface area contributed by atoms with Crippen molar-refractivity contribution in [2.75, 3.05) is 0 Å². The van der Waals surface area contributed by atoms with Crippen LogP contribution in [0.2, 0.25) is 0 Å². The van der Waals surface area contributed by atoms with Crippen LogP contribution < -0.4 is 0 Å². The Balaban J connectivity index is 0.984. The molecule has 0 aliphatic heterocycles. The summed E-state index contributed by atoms with van der Waals surface area (Å²) in [5.74, 6) is 0. The maximum absolute atomic E-state index is 2.54. The van der Waals surface area contributed by atoms with Crippen molar-refractivity contribution in [1.82, 2.24) is 0 Å². The molecule has 12 rings (SSSR count). The van der Waals surface area contributed by atoms with Crippen LogP contribution >= 0.6 is 0 Å². The normalized spacial score (nSPS) is 15.6. The van der Waals surface area contributed by atoms with E-state index < -0.39 is 0 Å². The molecule has 3 aliphatic carbocycles. The SMILES string of the molecule is CCC1(CC)c2ccccc2-c2ccc(-c3c4ccccc4c(-c4ccc5c(c4)C(C)(C)c4cc(-c6ccc7c(c6)C(C)(C)c6ccccc6-7)ccc4-5)c4ccccc34)cc21. The Morgan fingerprint density at radius 3 is 1.07 bits per heavy atom. The molecule has 0 aromatic heterocycles. The van der Waals surface area contributed by atoms with Gasteiger partial charge in [-0.2, -0.15) is 0 Å². The van der Waals surface area contributed by atoms with Gasteiger partial charge < -0.3 is 0 Å². The zero-order valence-electron chi connectivity index (χ0n) is 36.1. The highest BCUT2D eigenvalue weighted by atomic mass is 14.4. The fourth-order valence-corrected chi connectivity index (χ4v) is 12.3. The zero-order valence-corrected chi connectivity index (χ0v) is 36.1. The molecule has 0 saturated carbocycles. The summed E-state index contributed by atoms with van der Waals surface area (Å²) in [4.78, 5) is 0. The molecule has 0 nitrogen and oxygen atoms in total. The fourth-order valence-electron chi connectivity index (χ4n) is 12.3. The van der Waals surface area contributed by atoms with Gasteiger partial charge in [-0.15, -0.1) is 0 Å². The van der Waals surface area contributed by atoms with Crippen molar-refractivity contribution in [3.8, 4) is 66.8 Å². The van der Waals surface area contributed by atoms with Gasteiger partial charge in [0, 0.05) is 16.2 Å². The van der Waals surface area contributed by atoms with E-state index in [1.807, 2.05) is 0 Å². The molecule has 0 heterocycles. The largest absolute Gasteiger partial charge is 0.0642 e. The van der Waals surface area contributed by atoms with Crippen LogP contribution in [0, 0.1) is 0 Å². The van der Waals surface area contributed by atoms with Crippen LogP contribution in [-0.4, -0.2) is 0 Å². The van der Waals surface area contributed by atoms with Crippen molar-refractivity contribution in [1.29, 1.82) is 0 Å². The monoisotopic (exact) mass is 782 g/mol. The lowest BCUT2D eigenvalue weighted by Gasteiger charge is -2.30. The van der Waals surface area contributed by atoms with E-state index in [4.69, 9.17) is 0 Å². The average Bonchev–Trinajstić information content (AvgIpc) is 3.81. The van der Waals surface area contributed by atoms with E-state index in [-0.39, 0.29) is 16.2 Å². The smallest absolute Gasteiger partial charge is 0.0210 e. The molecule has 0 unspecified atom stereocenters. The lowest BCUT2D eigenvalue weighted by Crippen LogP contribution is -2.23. The van der Waals surface area contributed by atoms with Crippen LogP contribution in [0.25, 0.3) is 88.3 Å². The summed E-state index contributed by atoms with van der Waals surface area (Å²) < 4.78 is 0. The van der Waals surface area contributed by atoms with Crippen LogP contribution in [0.1, 0.15) is 87.8 Å². The maximum atomic E-state index is 2.54. The molecule has 0 radical (unpaired) electrons. The zero-order chi connectivity index (χ0) is 41.4. The molecule has 0 spiro atoms. The van der Waals surface area contributed by atoms with E-state index in [0.717, 1.165) is 12.8 Å². The first-order valence-corrected chi connectivity index (χ1v) is 22.4. The number of benzene rings is 9. The van der Waals surface area contributed by atoms with Gasteiger partial charge in [0.1, 0.15) is 0 Å². The predicted molar refractivity (Wildman–Crippen MR) is 260 cm³/mol. The van der Waals surface area contributed by atoms with Crippen molar-refractivity contribution < 1.29 is 0 Å². The minimum Gasteiger partial charge on any atom is -0.0642 e. The third-order valence-electron chi connectivity index (χ3n) is 15.6. The molecule has 0 fully saturated rings. The molecule has 9 aromatic rings. The lowest BCUT2D eigenvalue weighted by molar-refractivity contribution is 0.490. The third kappa shape index (κ3) is 4.82. The van der Waals surface area contributed by atoms with Gasteiger partial charge in [-0.05, 0) is 159 Å². The summed E-state index contributed by atoms with van der Waals surface area (Å²) >= 11 is 0. The van der Waals surface area contributed by atoms with Crippen molar-refractivity contribution in [2.24, 2.45) is 0 Å². The van der Waals surface area contributed by atoms with E-state index in [9.17, 15) is 0 Å². The van der Waals surface area contributed by atoms with E-state index in [2.05, 4.69) is 211 Å². The van der Waals surface area contributed by atoms with E-state index in [0.29, 0.717) is 0 Å². The van der Waals surface area contributed by atoms with Gasteiger partial charge in [0.05, 0.1) is 0 Å². The number of hydrogen-bond acceptors (Lipinski definition) is 0. The Bertz CT molecular complexity index is 3270. The molecule has 3 aliphatic rings. The van der Waals surface area contributed by atoms with Crippen LogP contribution in [-0.2, 0) is 16.2 Å². The Morgan fingerprint density at radius 2 is 0.607 bits per heavy atom. The highest BCUT2D eigenvalue weighted by Crippen LogP contribution is 2.56. The van der Waals surface area contributed by atoms with Crippen LogP contribution in [0.4, 0.5) is 0 Å². The van der Waals surface area contributed by atoms with Crippen molar-refractivity contribution >= 4 is 21.5 Å². The summed E-state index contributed by atoms with van der Waals surface area (Å²) in [6.07, 6.45) is 2.16. The van der Waals surface area contributed by atoms with Crippen molar-refractivity contribution in [3.05, 3.63) is 203 Å². The quantitative estimate of drug-likeness (QED) is 0.153. The molecular weight excluding hydrogens is 733 g/mol. The molecule has 0 bridgehead atoms. The highest BCUT2D eigenvalue weighted by Gasteiger charge is 2.41. The number of fused-ring (bicyclic) bond motifs is 11. The standard InChI is InChI=1S/C61H50/c1-7-61(8-2)52-24-16-14-18-42(52)46-32-28-40(36-56(46)61)58-49-21-11-9-19-47(49)57(48-20-10-12-22-50(48)58)39-27-31-45-44-30-26-38(34-54(44)60(5,6)55(45)35-39)37-25-29-43-41-17-13-15-23-51(41)59(3,4)53(43)33-37/h9-36H,7-8H2,1-6H3. The van der Waals surface area contributed by atoms with Gasteiger partial charge in [-0.25, -0.2) is 0 Å². The Morgan fingerprint density at radius 1 is 0.295 bits per heavy atom. The molecule has 294 valence electrons. The van der Waals surface area contributed by atoms with Gasteiger partial charge in [0.25, 0.3) is 0 Å². The molecular formula is C61H50. The minimum absolute atomic E-state index is 0.0215. The summed E-state index contributed by atoms with van der Waals surface area (Å²) in [7, 11) is 0. The molecule has 9 aromatic carbocycles. The van der Waals surface area contributed by atoms with Crippen molar-refractivity contribution in [3.63, 3.8) is 0 Å². The van der Waals surface area contributed by atoms with Gasteiger partial charge >= 0.3 is 0 Å². The topological polar surface area (TPSA) is 0 Å². The Hall–Kier alpha value is -6.50. The first-order chi connectivity index (χ1) is 29.7. The minimum atomic E-state index is -0.165. The van der Waals surface area contributed by atoms with Gasteiger partial charge in [0.15, 0.2) is 0 Å².